The number of benzene rings is 1. The standard InChI is InChI=1S/C40H54F2N6O9S/c1-22(2)48-34(50)29-15-11-10-14-28(29)33(44-48)57-26-19-30-32(49)43-40(36(52)45-58(55,56)27-16-17-27)20-25(40)13-9-8-12-23(3)18-24(4)31(35(51)46(30)21-26)47(37(53)54)38(5,6)39(7,41)42/h9-11,13-15,22-27,30-31H,8,12,16-21H2,1-7H3,(H,43,49)(H,45,52)(H,53,54)/t23-,24-,25-,26-,30+,31+,40-/m1/s1. The third kappa shape index (κ3) is 8.17. The second kappa shape index (κ2) is 15.5. The Labute approximate surface area is 336 Å². The summed E-state index contributed by atoms with van der Waals surface area (Å²) in [5, 5.41) is 17.8. The van der Waals surface area contributed by atoms with Gasteiger partial charge in [0.05, 0.1) is 28.6 Å². The van der Waals surface area contributed by atoms with Gasteiger partial charge in [0, 0.05) is 19.3 Å². The minimum absolute atomic E-state index is 0.0377. The Morgan fingerprint density at radius 3 is 2.33 bits per heavy atom. The summed E-state index contributed by atoms with van der Waals surface area (Å²) in [4.78, 5) is 71.6. The van der Waals surface area contributed by atoms with Crippen LogP contribution in [0.2, 0.25) is 0 Å². The first-order valence-corrected chi connectivity index (χ1v) is 21.5. The van der Waals surface area contributed by atoms with Crippen molar-refractivity contribution < 1.29 is 46.2 Å². The van der Waals surface area contributed by atoms with Gasteiger partial charge in [-0.2, -0.15) is 0 Å². The summed E-state index contributed by atoms with van der Waals surface area (Å²) in [7, 11) is -4.01. The quantitative estimate of drug-likeness (QED) is 0.300. The summed E-state index contributed by atoms with van der Waals surface area (Å²) in [5.74, 6) is -7.73. The van der Waals surface area contributed by atoms with Gasteiger partial charge in [0.1, 0.15) is 29.3 Å². The minimum Gasteiger partial charge on any atom is -0.471 e. The van der Waals surface area contributed by atoms with Crippen molar-refractivity contribution >= 4 is 44.6 Å². The number of rotatable bonds is 9. The average molecular weight is 833 g/mol. The summed E-state index contributed by atoms with van der Waals surface area (Å²) < 4.78 is 66.4. The number of nitrogens with zero attached hydrogens (tertiary/aromatic N) is 4. The fourth-order valence-corrected chi connectivity index (χ4v) is 9.70. The van der Waals surface area contributed by atoms with E-state index in [9.17, 15) is 32.7 Å². The van der Waals surface area contributed by atoms with Gasteiger partial charge in [0.25, 0.3) is 17.4 Å². The lowest BCUT2D eigenvalue weighted by Crippen LogP contribution is -2.66. The first-order valence-electron chi connectivity index (χ1n) is 19.9. The molecule has 15 nitrogen and oxygen atoms in total. The van der Waals surface area contributed by atoms with E-state index in [4.69, 9.17) is 4.74 Å². The second-order valence-electron chi connectivity index (χ2n) is 17.5. The first kappa shape index (κ1) is 43.0. The van der Waals surface area contributed by atoms with Crippen LogP contribution in [0.3, 0.4) is 0 Å². The molecule has 2 aliphatic carbocycles. The molecule has 0 spiro atoms. The Hall–Kier alpha value is -4.61. The van der Waals surface area contributed by atoms with Crippen molar-refractivity contribution in [3.05, 3.63) is 46.8 Å². The summed E-state index contributed by atoms with van der Waals surface area (Å²) in [6, 6.07) is 3.16. The summed E-state index contributed by atoms with van der Waals surface area (Å²) in [6.45, 7) is 9.45. The molecule has 58 heavy (non-hydrogen) atoms. The highest BCUT2D eigenvalue weighted by atomic mass is 32.2. The van der Waals surface area contributed by atoms with Crippen LogP contribution in [0.25, 0.3) is 10.8 Å². The van der Waals surface area contributed by atoms with Crippen molar-refractivity contribution in [2.75, 3.05) is 6.54 Å². The number of nitrogens with one attached hydrogen (secondary N) is 2. The summed E-state index contributed by atoms with van der Waals surface area (Å²) >= 11 is 0. The Morgan fingerprint density at radius 1 is 1.07 bits per heavy atom. The van der Waals surface area contributed by atoms with E-state index in [2.05, 4.69) is 15.1 Å². The van der Waals surface area contributed by atoms with Crippen LogP contribution in [-0.4, -0.2) is 104 Å². The van der Waals surface area contributed by atoms with Crippen molar-refractivity contribution in [1.82, 2.24) is 29.6 Å². The molecule has 0 bridgehead atoms. The molecule has 2 aromatic rings. The predicted molar refractivity (Wildman–Crippen MR) is 210 cm³/mol. The smallest absolute Gasteiger partial charge is 0.408 e. The summed E-state index contributed by atoms with van der Waals surface area (Å²) in [5.41, 5.74) is -4.42. The number of fused-ring (bicyclic) bond motifs is 3. The highest BCUT2D eigenvalue weighted by molar-refractivity contribution is 7.91. The molecule has 3 fully saturated rings. The van der Waals surface area contributed by atoms with Crippen molar-refractivity contribution in [3.63, 3.8) is 0 Å². The first-order chi connectivity index (χ1) is 27.0. The van der Waals surface area contributed by atoms with E-state index in [0.29, 0.717) is 48.3 Å². The number of amides is 4. The van der Waals surface area contributed by atoms with Crippen LogP contribution in [-0.2, 0) is 24.4 Å². The number of carbonyl (C=O) groups is 4. The monoisotopic (exact) mass is 832 g/mol. The van der Waals surface area contributed by atoms with E-state index >= 15 is 13.6 Å². The van der Waals surface area contributed by atoms with Gasteiger partial charge in [0.2, 0.25) is 27.7 Å². The molecule has 318 valence electrons. The molecule has 1 aromatic carbocycles. The van der Waals surface area contributed by atoms with Crippen LogP contribution in [0.1, 0.15) is 99.5 Å². The molecule has 3 N–H and O–H groups in total. The SMILES string of the molecule is CC(C)n1nc(O[C@@H]2C[C@H]3C(=O)N[C@]4(C(=O)NS(=O)(=O)C5CC5)C[C@H]4C=CCC[C@@H](C)C[C@@H](C)[C@H](N(C(=O)O)C(C)(C)C(C)(F)F)C(=O)N3C2)c2ccccc2c1=O. The predicted octanol–water partition coefficient (Wildman–Crippen LogP) is 4.60. The average Bonchev–Trinajstić information content (AvgIpc) is 4.05. The Morgan fingerprint density at radius 2 is 1.72 bits per heavy atom. The molecule has 7 atom stereocenters. The number of hydrogen-bond donors (Lipinski definition) is 3. The zero-order valence-electron chi connectivity index (χ0n) is 33.9. The van der Waals surface area contributed by atoms with E-state index in [-0.39, 0.29) is 49.2 Å². The van der Waals surface area contributed by atoms with Crippen LogP contribution >= 0.6 is 0 Å². The molecule has 18 heteroatoms. The van der Waals surface area contributed by atoms with Crippen molar-refractivity contribution in [3.8, 4) is 5.88 Å². The van der Waals surface area contributed by atoms with Gasteiger partial charge in [-0.25, -0.2) is 26.7 Å². The maximum atomic E-state index is 15.4. The molecule has 0 radical (unpaired) electrons. The van der Waals surface area contributed by atoms with Gasteiger partial charge in [-0.15, -0.1) is 5.10 Å². The van der Waals surface area contributed by atoms with Crippen LogP contribution in [0.4, 0.5) is 13.6 Å². The van der Waals surface area contributed by atoms with Gasteiger partial charge in [-0.3, -0.25) is 28.8 Å². The fourth-order valence-electron chi connectivity index (χ4n) is 8.33. The molecule has 2 aliphatic heterocycles. The van der Waals surface area contributed by atoms with E-state index in [1.54, 1.807) is 51.1 Å². The van der Waals surface area contributed by atoms with Crippen molar-refractivity contribution in [2.24, 2.45) is 17.8 Å². The molecule has 0 unspecified atom stereocenters. The maximum Gasteiger partial charge on any atom is 0.408 e. The molecule has 6 rings (SSSR count). The summed E-state index contributed by atoms with van der Waals surface area (Å²) in [6.07, 6.45) is 2.89. The molecular formula is C40H54F2N6O9S. The number of halogens is 2. The lowest BCUT2D eigenvalue weighted by molar-refractivity contribution is -0.156. The van der Waals surface area contributed by atoms with E-state index in [1.165, 1.54) is 4.68 Å². The fraction of sp³-hybridized carbons (Fsp3) is 0.650. The van der Waals surface area contributed by atoms with Crippen LogP contribution in [0.15, 0.2) is 41.2 Å². The molecule has 2 saturated carbocycles. The van der Waals surface area contributed by atoms with Crippen molar-refractivity contribution in [1.29, 1.82) is 0 Å². The zero-order chi connectivity index (χ0) is 42.7. The van der Waals surface area contributed by atoms with E-state index < -0.39 is 86.1 Å². The Balaban J connectivity index is 1.45. The lowest BCUT2D eigenvalue weighted by Gasteiger charge is -2.47. The normalized spacial score (nSPS) is 28.6. The number of ether oxygens (including phenoxy) is 1. The third-order valence-electron chi connectivity index (χ3n) is 12.3. The number of allylic oxidation sites excluding steroid dienone is 1. The number of sulfonamides is 1. The molecular weight excluding hydrogens is 779 g/mol. The topological polar surface area (TPSA) is 197 Å². The lowest BCUT2D eigenvalue weighted by atomic mass is 9.84. The molecule has 1 aromatic heterocycles. The number of alkyl halides is 2. The second-order valence-corrected chi connectivity index (χ2v) is 19.5. The van der Waals surface area contributed by atoms with Gasteiger partial charge in [0.15, 0.2) is 0 Å². The maximum absolute atomic E-state index is 15.4. The van der Waals surface area contributed by atoms with E-state index in [1.807, 2.05) is 13.0 Å². The zero-order valence-corrected chi connectivity index (χ0v) is 34.7. The third-order valence-corrected chi connectivity index (χ3v) is 14.1. The Bertz CT molecular complexity index is 2170. The number of carbonyl (C=O) groups excluding carboxylic acids is 3. The number of hydrogen-bond acceptors (Lipinski definition) is 9. The minimum atomic E-state index is -4.01. The molecule has 1 saturated heterocycles. The van der Waals surface area contributed by atoms with Gasteiger partial charge >= 0.3 is 6.09 Å². The Kier molecular flexibility index (Phi) is 11.5. The van der Waals surface area contributed by atoms with Crippen LogP contribution in [0, 0.1) is 17.8 Å². The largest absolute Gasteiger partial charge is 0.471 e. The molecule has 4 amide bonds. The van der Waals surface area contributed by atoms with Crippen LogP contribution < -0.4 is 20.3 Å². The molecule has 4 aliphatic rings. The van der Waals surface area contributed by atoms with Gasteiger partial charge in [-0.1, -0.05) is 38.1 Å². The highest BCUT2D eigenvalue weighted by Crippen LogP contribution is 2.46. The number of aromatic nitrogens is 2. The van der Waals surface area contributed by atoms with E-state index in [0.717, 1.165) is 18.7 Å². The van der Waals surface area contributed by atoms with Crippen molar-refractivity contribution in [2.45, 2.75) is 140 Å². The van der Waals surface area contributed by atoms with Gasteiger partial charge in [-0.05, 0) is 90.2 Å². The van der Waals surface area contributed by atoms with Crippen LogP contribution in [0.5, 0.6) is 5.88 Å². The highest BCUT2D eigenvalue weighted by Gasteiger charge is 2.62. The van der Waals surface area contributed by atoms with Gasteiger partial charge < -0.3 is 20.1 Å². The molecule has 3 heterocycles. The number of carboxylic acid groups (broad SMARTS) is 1.